The summed E-state index contributed by atoms with van der Waals surface area (Å²) in [5, 5.41) is 0. The Morgan fingerprint density at radius 3 is 1.21 bits per heavy atom. The van der Waals surface area contributed by atoms with Gasteiger partial charge in [0, 0.05) is 19.3 Å². The zero-order valence-corrected chi connectivity index (χ0v) is 36.0. The van der Waals surface area contributed by atoms with E-state index in [1.54, 1.807) is 0 Å². The quantitative estimate of drug-likeness (QED) is 0.0209. The molecule has 0 radical (unpaired) electrons. The minimum atomic E-state index is -0.859. The van der Waals surface area contributed by atoms with Crippen molar-refractivity contribution in [3.05, 3.63) is 158 Å². The molecule has 0 rings (SSSR count). The molecule has 0 N–H and O–H groups in total. The maximum absolute atomic E-state index is 12.7. The third-order valence-electron chi connectivity index (χ3n) is 8.01. The van der Waals surface area contributed by atoms with Crippen molar-refractivity contribution in [2.45, 2.75) is 136 Å². The van der Waals surface area contributed by atoms with Gasteiger partial charge in [0.05, 0.1) is 0 Å². The fraction of sp³-hybridized carbons (Fsp3) is 0.442. The van der Waals surface area contributed by atoms with Crippen molar-refractivity contribution in [3.8, 4) is 0 Å². The van der Waals surface area contributed by atoms with E-state index in [1.807, 2.05) is 109 Å². The highest BCUT2D eigenvalue weighted by molar-refractivity contribution is 5.71. The van der Waals surface area contributed by atoms with Gasteiger partial charge in [-0.1, -0.05) is 192 Å². The minimum absolute atomic E-state index is 0.150. The smallest absolute Gasteiger partial charge is 0.306 e. The molecule has 0 aliphatic heterocycles. The zero-order chi connectivity index (χ0) is 42.3. The molecule has 6 heteroatoms. The Hall–Kier alpha value is -4.97. The highest BCUT2D eigenvalue weighted by Crippen LogP contribution is 2.10. The first kappa shape index (κ1) is 53.0. The summed E-state index contributed by atoms with van der Waals surface area (Å²) in [6.45, 7) is 6.03. The Morgan fingerprint density at radius 1 is 0.362 bits per heavy atom. The summed E-state index contributed by atoms with van der Waals surface area (Å²) in [7, 11) is 0. The molecule has 0 saturated heterocycles. The van der Waals surface area contributed by atoms with Crippen LogP contribution >= 0.6 is 0 Å². The van der Waals surface area contributed by atoms with Gasteiger partial charge in [-0.3, -0.25) is 14.4 Å². The molecule has 58 heavy (non-hydrogen) atoms. The maximum atomic E-state index is 12.7. The van der Waals surface area contributed by atoms with Gasteiger partial charge in [0.1, 0.15) is 13.2 Å². The van der Waals surface area contributed by atoms with Crippen LogP contribution in [-0.4, -0.2) is 37.2 Å². The van der Waals surface area contributed by atoms with Crippen LogP contribution in [0.2, 0.25) is 0 Å². The molecule has 6 nitrogen and oxygen atoms in total. The van der Waals surface area contributed by atoms with Crippen molar-refractivity contribution < 1.29 is 28.6 Å². The summed E-state index contributed by atoms with van der Waals surface area (Å²) in [6.07, 6.45) is 65.3. The normalized spacial score (nSPS) is 13.6. The molecular weight excluding hydrogens is 721 g/mol. The Balaban J connectivity index is 4.70. The molecular formula is C52H74O6. The second-order valence-corrected chi connectivity index (χ2v) is 13.3. The van der Waals surface area contributed by atoms with Gasteiger partial charge in [-0.15, -0.1) is 0 Å². The van der Waals surface area contributed by atoms with Crippen LogP contribution in [0.15, 0.2) is 158 Å². The topological polar surface area (TPSA) is 78.9 Å². The summed E-state index contributed by atoms with van der Waals surface area (Å²) < 4.78 is 16.5. The second kappa shape index (κ2) is 44.7. The summed E-state index contributed by atoms with van der Waals surface area (Å²) in [4.78, 5) is 37.7. The van der Waals surface area contributed by atoms with Crippen molar-refractivity contribution in [2.75, 3.05) is 13.2 Å². The van der Waals surface area contributed by atoms with Crippen molar-refractivity contribution in [2.24, 2.45) is 0 Å². The highest BCUT2D eigenvalue weighted by Gasteiger charge is 2.19. The predicted octanol–water partition coefficient (Wildman–Crippen LogP) is 13.9. The number of unbranched alkanes of at least 4 members (excludes halogenated alkanes) is 6. The van der Waals surface area contributed by atoms with Gasteiger partial charge < -0.3 is 14.2 Å². The van der Waals surface area contributed by atoms with E-state index >= 15 is 0 Å². The molecule has 0 aromatic carbocycles. The van der Waals surface area contributed by atoms with Crippen LogP contribution in [0.3, 0.4) is 0 Å². The first-order chi connectivity index (χ1) is 28.5. The molecule has 0 aromatic rings. The van der Waals surface area contributed by atoms with E-state index in [1.165, 1.54) is 0 Å². The lowest BCUT2D eigenvalue weighted by Gasteiger charge is -2.18. The van der Waals surface area contributed by atoms with E-state index in [-0.39, 0.29) is 38.0 Å². The van der Waals surface area contributed by atoms with Crippen molar-refractivity contribution in [1.29, 1.82) is 0 Å². The molecule has 0 heterocycles. The van der Waals surface area contributed by atoms with Gasteiger partial charge >= 0.3 is 17.9 Å². The first-order valence-electron chi connectivity index (χ1n) is 21.6. The van der Waals surface area contributed by atoms with Crippen LogP contribution in [0.4, 0.5) is 0 Å². The Bertz CT molecular complexity index is 1420. The van der Waals surface area contributed by atoms with Crippen molar-refractivity contribution in [1.82, 2.24) is 0 Å². The molecule has 1 atom stereocenters. The van der Waals surface area contributed by atoms with Gasteiger partial charge in [0.25, 0.3) is 0 Å². The summed E-state index contributed by atoms with van der Waals surface area (Å²) >= 11 is 0. The summed E-state index contributed by atoms with van der Waals surface area (Å²) in [6, 6.07) is 0. The van der Waals surface area contributed by atoms with Crippen molar-refractivity contribution >= 4 is 17.9 Å². The predicted molar refractivity (Wildman–Crippen MR) is 246 cm³/mol. The van der Waals surface area contributed by atoms with E-state index in [0.29, 0.717) is 25.7 Å². The van der Waals surface area contributed by atoms with Crippen LogP contribution in [-0.2, 0) is 28.6 Å². The lowest BCUT2D eigenvalue weighted by Crippen LogP contribution is -2.30. The molecule has 0 aliphatic rings. The van der Waals surface area contributed by atoms with Gasteiger partial charge in [0.15, 0.2) is 6.10 Å². The third-order valence-corrected chi connectivity index (χ3v) is 8.01. The molecule has 318 valence electrons. The molecule has 0 aliphatic carbocycles. The summed E-state index contributed by atoms with van der Waals surface area (Å²) in [5.41, 5.74) is 0. The molecule has 0 fully saturated rings. The summed E-state index contributed by atoms with van der Waals surface area (Å²) in [5.74, 6) is -1.15. The number of ether oxygens (including phenoxy) is 3. The molecule has 0 spiro atoms. The Labute approximate surface area is 352 Å². The molecule has 0 saturated carbocycles. The van der Waals surface area contributed by atoms with Crippen LogP contribution in [0.1, 0.15) is 130 Å². The van der Waals surface area contributed by atoms with E-state index < -0.39 is 12.1 Å². The number of carbonyl (C=O) groups is 3. The van der Waals surface area contributed by atoms with Crippen LogP contribution in [0, 0.1) is 0 Å². The van der Waals surface area contributed by atoms with Crippen LogP contribution in [0.25, 0.3) is 0 Å². The van der Waals surface area contributed by atoms with E-state index in [4.69, 9.17) is 14.2 Å². The average Bonchev–Trinajstić information content (AvgIpc) is 3.22. The Kier molecular flexibility index (Phi) is 40.9. The number of rotatable bonds is 35. The molecule has 1 unspecified atom stereocenters. The first-order valence-corrected chi connectivity index (χ1v) is 21.6. The fourth-order valence-electron chi connectivity index (χ4n) is 4.87. The standard InChI is InChI=1S/C52H74O6/c1-4-7-10-13-16-19-22-25-28-30-33-36-39-42-45-51(54)57-48-49(58-52(55)46-43-40-37-34-31-27-24-21-18-15-12-9-6-3)47-56-50(53)44-41-38-35-32-29-26-23-20-17-14-11-8-5-2/h7-12,14-21,23-29,31-32,34-35,37,49H,4-6,13,22,30,33,36,38-48H2,1-3H3/b10-7+,11-8+,12-9+,17-14+,18-15+,19-16+,23-20+,24-21+,28-25+,29-26+,31-27+,35-32+,37-34+. The SMILES string of the molecule is CC/C=C/C=C/C=C/C=C/C=C/CCCC(=O)OCC(COC(=O)CCCCCC/C=C/C/C=C/C/C=C/CC)OC(=O)CCC/C=C/C=C/C=C/C=C/C=C/CC. The number of allylic oxidation sites excluding steroid dienone is 26. The molecule has 0 bridgehead atoms. The molecule has 0 aromatic heterocycles. The van der Waals surface area contributed by atoms with Gasteiger partial charge in [-0.05, 0) is 77.0 Å². The molecule has 0 amide bonds. The number of hydrogen-bond acceptors (Lipinski definition) is 6. The van der Waals surface area contributed by atoms with E-state index in [2.05, 4.69) is 69.4 Å². The largest absolute Gasteiger partial charge is 0.462 e. The monoisotopic (exact) mass is 795 g/mol. The van der Waals surface area contributed by atoms with Gasteiger partial charge in [0.2, 0.25) is 0 Å². The lowest BCUT2D eigenvalue weighted by atomic mass is 10.1. The number of carbonyl (C=O) groups excluding carboxylic acids is 3. The third kappa shape index (κ3) is 42.2. The number of hydrogen-bond donors (Lipinski definition) is 0. The number of esters is 3. The highest BCUT2D eigenvalue weighted by atomic mass is 16.6. The average molecular weight is 795 g/mol. The van der Waals surface area contributed by atoms with Crippen LogP contribution in [0.5, 0.6) is 0 Å². The lowest BCUT2D eigenvalue weighted by molar-refractivity contribution is -0.167. The zero-order valence-electron chi connectivity index (χ0n) is 36.0. The van der Waals surface area contributed by atoms with Gasteiger partial charge in [-0.2, -0.15) is 0 Å². The van der Waals surface area contributed by atoms with E-state index in [0.717, 1.165) is 70.6 Å². The van der Waals surface area contributed by atoms with Gasteiger partial charge in [-0.25, -0.2) is 0 Å². The minimum Gasteiger partial charge on any atom is -0.462 e. The Morgan fingerprint density at radius 2 is 0.724 bits per heavy atom. The second-order valence-electron chi connectivity index (χ2n) is 13.3. The maximum Gasteiger partial charge on any atom is 0.306 e. The fourth-order valence-corrected chi connectivity index (χ4v) is 4.87. The van der Waals surface area contributed by atoms with Crippen LogP contribution < -0.4 is 0 Å². The van der Waals surface area contributed by atoms with E-state index in [9.17, 15) is 14.4 Å². The van der Waals surface area contributed by atoms with Crippen molar-refractivity contribution in [3.63, 3.8) is 0 Å².